The van der Waals surface area contributed by atoms with Crippen molar-refractivity contribution in [3.8, 4) is 0 Å². The molecule has 0 atom stereocenters. The second-order valence-electron chi connectivity index (χ2n) is 5.92. The Labute approximate surface area is 137 Å². The molecule has 3 heteroatoms. The summed E-state index contributed by atoms with van der Waals surface area (Å²) in [4.78, 5) is 6.64. The van der Waals surface area contributed by atoms with E-state index in [2.05, 4.69) is 70.7 Å². The molecule has 1 saturated heterocycles. The van der Waals surface area contributed by atoms with Crippen LogP contribution in [0.1, 0.15) is 16.0 Å². The van der Waals surface area contributed by atoms with Gasteiger partial charge in [0.2, 0.25) is 0 Å². The molecule has 1 aromatic heterocycles. The molecule has 1 aliphatic rings. The lowest BCUT2D eigenvalue weighted by atomic mass is 10.2. The first-order chi connectivity index (χ1) is 10.8. The van der Waals surface area contributed by atoms with Crippen LogP contribution in [0.15, 0.2) is 47.9 Å². The van der Waals surface area contributed by atoms with Crippen LogP contribution in [-0.4, -0.2) is 42.5 Å². The van der Waals surface area contributed by atoms with Gasteiger partial charge in [-0.05, 0) is 29.5 Å². The van der Waals surface area contributed by atoms with Crippen LogP contribution in [0.5, 0.6) is 0 Å². The van der Waals surface area contributed by atoms with Crippen molar-refractivity contribution in [2.24, 2.45) is 0 Å². The molecule has 0 aliphatic carbocycles. The van der Waals surface area contributed by atoms with Gasteiger partial charge in [0.05, 0.1) is 0 Å². The Bertz CT molecular complexity index is 595. The quantitative estimate of drug-likeness (QED) is 0.826. The summed E-state index contributed by atoms with van der Waals surface area (Å²) in [6.45, 7) is 9.09. The van der Waals surface area contributed by atoms with E-state index >= 15 is 0 Å². The maximum Gasteiger partial charge on any atom is 0.0331 e. The monoisotopic (exact) mass is 312 g/mol. The summed E-state index contributed by atoms with van der Waals surface area (Å²) < 4.78 is 0. The molecule has 2 heterocycles. The summed E-state index contributed by atoms with van der Waals surface area (Å²) >= 11 is 1.89. The van der Waals surface area contributed by atoms with Crippen LogP contribution in [0.2, 0.25) is 0 Å². The highest BCUT2D eigenvalue weighted by Gasteiger charge is 2.16. The molecule has 0 unspecified atom stereocenters. The SMILES string of the molecule is Cc1ccsc1CN1CCN(CC=Cc2ccccc2)CC1. The van der Waals surface area contributed by atoms with E-state index < -0.39 is 0 Å². The standard InChI is InChI=1S/C19H24N2S/c1-17-9-15-22-19(17)16-21-13-11-20(12-14-21)10-5-8-18-6-3-2-4-7-18/h2-9,15H,10-14,16H2,1H3. The normalized spacial score (nSPS) is 17.3. The number of rotatable bonds is 5. The highest BCUT2D eigenvalue weighted by atomic mass is 32.1. The summed E-state index contributed by atoms with van der Waals surface area (Å²) in [6.07, 6.45) is 4.51. The third-order valence-electron chi connectivity index (χ3n) is 4.27. The van der Waals surface area contributed by atoms with Gasteiger partial charge in [-0.2, -0.15) is 0 Å². The smallest absolute Gasteiger partial charge is 0.0331 e. The predicted molar refractivity (Wildman–Crippen MR) is 96.2 cm³/mol. The Hall–Kier alpha value is -1.42. The van der Waals surface area contributed by atoms with E-state index in [9.17, 15) is 0 Å². The van der Waals surface area contributed by atoms with Crippen molar-refractivity contribution < 1.29 is 0 Å². The molecule has 1 fully saturated rings. The number of piperazine rings is 1. The highest BCUT2D eigenvalue weighted by Crippen LogP contribution is 2.18. The van der Waals surface area contributed by atoms with Gasteiger partial charge in [-0.1, -0.05) is 42.5 Å². The summed E-state index contributed by atoms with van der Waals surface area (Å²) in [5.41, 5.74) is 2.73. The first kappa shape index (κ1) is 15.5. The number of thiophene rings is 1. The fraction of sp³-hybridized carbons (Fsp3) is 0.368. The van der Waals surface area contributed by atoms with Crippen molar-refractivity contribution in [1.29, 1.82) is 0 Å². The van der Waals surface area contributed by atoms with Gasteiger partial charge in [0.25, 0.3) is 0 Å². The second kappa shape index (κ2) is 7.73. The number of hydrogen-bond acceptors (Lipinski definition) is 3. The van der Waals surface area contributed by atoms with Gasteiger partial charge in [-0.25, -0.2) is 0 Å². The molecule has 22 heavy (non-hydrogen) atoms. The lowest BCUT2D eigenvalue weighted by Crippen LogP contribution is -2.45. The minimum Gasteiger partial charge on any atom is -0.297 e. The minimum absolute atomic E-state index is 1.06. The third kappa shape index (κ3) is 4.29. The Balaban J connectivity index is 1.42. The van der Waals surface area contributed by atoms with Crippen LogP contribution in [0.25, 0.3) is 6.08 Å². The maximum absolute atomic E-state index is 2.58. The molecule has 0 bridgehead atoms. The van der Waals surface area contributed by atoms with E-state index in [1.54, 1.807) is 0 Å². The zero-order chi connectivity index (χ0) is 15.2. The van der Waals surface area contributed by atoms with Crippen LogP contribution in [-0.2, 0) is 6.54 Å². The van der Waals surface area contributed by atoms with Gasteiger partial charge in [-0.15, -0.1) is 11.3 Å². The van der Waals surface area contributed by atoms with Crippen molar-refractivity contribution in [3.05, 3.63) is 63.9 Å². The topological polar surface area (TPSA) is 6.48 Å². The molecule has 0 N–H and O–H groups in total. The Kier molecular flexibility index (Phi) is 5.43. The first-order valence-corrected chi connectivity index (χ1v) is 8.88. The van der Waals surface area contributed by atoms with Gasteiger partial charge < -0.3 is 0 Å². The van der Waals surface area contributed by atoms with Crippen LogP contribution in [0, 0.1) is 6.92 Å². The van der Waals surface area contributed by atoms with Crippen LogP contribution in [0.4, 0.5) is 0 Å². The van der Waals surface area contributed by atoms with Crippen molar-refractivity contribution in [2.45, 2.75) is 13.5 Å². The summed E-state index contributed by atoms with van der Waals surface area (Å²) in [5, 5.41) is 2.20. The summed E-state index contributed by atoms with van der Waals surface area (Å²) in [6, 6.07) is 12.8. The molecule has 116 valence electrons. The van der Waals surface area contributed by atoms with Crippen LogP contribution >= 0.6 is 11.3 Å². The third-order valence-corrected chi connectivity index (χ3v) is 5.28. The molecule has 0 amide bonds. The van der Waals surface area contributed by atoms with Gasteiger partial charge in [0.1, 0.15) is 0 Å². The average molecular weight is 312 g/mol. The lowest BCUT2D eigenvalue weighted by molar-refractivity contribution is 0.138. The minimum atomic E-state index is 1.06. The molecular formula is C19H24N2S. The van der Waals surface area contributed by atoms with E-state index in [0.29, 0.717) is 0 Å². The van der Waals surface area contributed by atoms with E-state index in [1.807, 2.05) is 11.3 Å². The van der Waals surface area contributed by atoms with Crippen LogP contribution < -0.4 is 0 Å². The lowest BCUT2D eigenvalue weighted by Gasteiger charge is -2.34. The van der Waals surface area contributed by atoms with Gasteiger partial charge in [0.15, 0.2) is 0 Å². The summed E-state index contributed by atoms with van der Waals surface area (Å²) in [5.74, 6) is 0. The van der Waals surface area contributed by atoms with Crippen molar-refractivity contribution in [2.75, 3.05) is 32.7 Å². The van der Waals surface area contributed by atoms with E-state index in [1.165, 1.54) is 42.2 Å². The molecule has 2 nitrogen and oxygen atoms in total. The average Bonchev–Trinajstić information content (AvgIpc) is 2.95. The maximum atomic E-state index is 2.58. The van der Waals surface area contributed by atoms with Gasteiger partial charge in [0, 0.05) is 44.1 Å². The molecular weight excluding hydrogens is 288 g/mol. The van der Waals surface area contributed by atoms with Crippen molar-refractivity contribution >= 4 is 17.4 Å². The highest BCUT2D eigenvalue weighted by molar-refractivity contribution is 7.10. The zero-order valence-corrected chi connectivity index (χ0v) is 14.1. The van der Waals surface area contributed by atoms with E-state index in [0.717, 1.165) is 13.1 Å². The number of aryl methyl sites for hydroxylation is 1. The van der Waals surface area contributed by atoms with Crippen molar-refractivity contribution in [1.82, 2.24) is 9.80 Å². The Morgan fingerprint density at radius 1 is 1.00 bits per heavy atom. The molecule has 1 aliphatic heterocycles. The second-order valence-corrected chi connectivity index (χ2v) is 6.92. The fourth-order valence-electron chi connectivity index (χ4n) is 2.80. The predicted octanol–water partition coefficient (Wildman–Crippen LogP) is 3.89. The molecule has 1 aromatic carbocycles. The molecule has 0 radical (unpaired) electrons. The van der Waals surface area contributed by atoms with E-state index in [-0.39, 0.29) is 0 Å². The Morgan fingerprint density at radius 3 is 2.41 bits per heavy atom. The number of hydrogen-bond donors (Lipinski definition) is 0. The summed E-state index contributed by atoms with van der Waals surface area (Å²) in [7, 11) is 0. The molecule has 0 saturated carbocycles. The Morgan fingerprint density at radius 2 is 1.73 bits per heavy atom. The molecule has 3 rings (SSSR count). The van der Waals surface area contributed by atoms with Gasteiger partial charge in [-0.3, -0.25) is 9.80 Å². The molecule has 2 aromatic rings. The number of benzene rings is 1. The van der Waals surface area contributed by atoms with Crippen LogP contribution in [0.3, 0.4) is 0 Å². The molecule has 0 spiro atoms. The van der Waals surface area contributed by atoms with Crippen molar-refractivity contribution in [3.63, 3.8) is 0 Å². The zero-order valence-electron chi connectivity index (χ0n) is 13.2. The van der Waals surface area contributed by atoms with E-state index in [4.69, 9.17) is 0 Å². The fourth-order valence-corrected chi connectivity index (χ4v) is 3.75. The largest absolute Gasteiger partial charge is 0.297 e. The first-order valence-electron chi connectivity index (χ1n) is 8.00. The number of nitrogens with zero attached hydrogens (tertiary/aromatic N) is 2. The van der Waals surface area contributed by atoms with Gasteiger partial charge >= 0.3 is 0 Å².